The monoisotopic (exact) mass is 600 g/mol. The summed E-state index contributed by atoms with van der Waals surface area (Å²) < 4.78 is 10.4. The number of amides is 2. The summed E-state index contributed by atoms with van der Waals surface area (Å²) in [6.07, 6.45) is 10.7. The fourth-order valence-electron chi connectivity index (χ4n) is 4.46. The predicted octanol–water partition coefficient (Wildman–Crippen LogP) is 3.94. The van der Waals surface area contributed by atoms with Crippen molar-refractivity contribution in [2.45, 2.75) is 148 Å². The Balaban J connectivity index is 4.48. The average Bonchev–Trinajstić information content (AvgIpc) is 2.95. The van der Waals surface area contributed by atoms with Crippen LogP contribution in [0.1, 0.15) is 118 Å². The Labute approximate surface area is 254 Å². The van der Waals surface area contributed by atoms with Gasteiger partial charge < -0.3 is 35.4 Å². The van der Waals surface area contributed by atoms with Crippen LogP contribution < -0.4 is 10.6 Å². The summed E-state index contributed by atoms with van der Waals surface area (Å²) in [7, 11) is 2.61. The van der Waals surface area contributed by atoms with Gasteiger partial charge in [0.25, 0.3) is 5.91 Å². The van der Waals surface area contributed by atoms with Gasteiger partial charge in [0.05, 0.1) is 6.61 Å². The molecule has 0 rings (SSSR count). The zero-order valence-corrected chi connectivity index (χ0v) is 27.0. The van der Waals surface area contributed by atoms with Gasteiger partial charge in [-0.1, -0.05) is 104 Å². The van der Waals surface area contributed by atoms with Crippen molar-refractivity contribution in [3.63, 3.8) is 0 Å². The predicted molar refractivity (Wildman–Crippen MR) is 165 cm³/mol. The molecule has 0 aliphatic rings. The van der Waals surface area contributed by atoms with Gasteiger partial charge in [0, 0.05) is 20.6 Å². The molecule has 5 atom stereocenters. The average molecular weight is 601 g/mol. The maximum Gasteiger partial charge on any atom is 0.305 e. The zero-order chi connectivity index (χ0) is 32.0. The van der Waals surface area contributed by atoms with Crippen LogP contribution >= 0.6 is 0 Å². The Morgan fingerprint density at radius 3 is 1.86 bits per heavy atom. The SMILES string of the molecule is CCCCCCCCCCCCCC(=O)OCCC[C@H](NC(=O)[C@H](OC)[C@H](O)[C@@H](O)[C@H](O)/C=C/C(C)(C)C)C(=O)NC. The molecule has 0 saturated heterocycles. The minimum atomic E-state index is -1.75. The van der Waals surface area contributed by atoms with Gasteiger partial charge in [0.2, 0.25) is 5.91 Å². The highest BCUT2D eigenvalue weighted by Crippen LogP contribution is 2.17. The lowest BCUT2D eigenvalue weighted by Crippen LogP contribution is -2.55. The molecule has 0 aromatic carbocycles. The molecule has 0 bridgehead atoms. The van der Waals surface area contributed by atoms with Crippen LogP contribution in [0.4, 0.5) is 0 Å². The maximum atomic E-state index is 12.8. The van der Waals surface area contributed by atoms with Gasteiger partial charge in [-0.05, 0) is 24.7 Å². The molecule has 2 amide bonds. The fourth-order valence-corrected chi connectivity index (χ4v) is 4.46. The molecule has 0 aromatic heterocycles. The number of hydrogen-bond acceptors (Lipinski definition) is 8. The maximum absolute atomic E-state index is 12.8. The van der Waals surface area contributed by atoms with Crippen LogP contribution in [0.2, 0.25) is 0 Å². The van der Waals surface area contributed by atoms with Crippen LogP contribution in [0.25, 0.3) is 0 Å². The molecule has 0 fully saturated rings. The molecule has 42 heavy (non-hydrogen) atoms. The lowest BCUT2D eigenvalue weighted by Gasteiger charge is -2.28. The number of aliphatic hydroxyl groups is 3. The van der Waals surface area contributed by atoms with Gasteiger partial charge in [0.15, 0.2) is 6.10 Å². The smallest absolute Gasteiger partial charge is 0.305 e. The number of hydrogen-bond donors (Lipinski definition) is 5. The van der Waals surface area contributed by atoms with E-state index < -0.39 is 42.3 Å². The summed E-state index contributed by atoms with van der Waals surface area (Å²) in [5.41, 5.74) is -0.259. The molecule has 10 heteroatoms. The Kier molecular flexibility index (Phi) is 22.3. The van der Waals surface area contributed by atoms with Gasteiger partial charge in [-0.15, -0.1) is 0 Å². The van der Waals surface area contributed by atoms with E-state index >= 15 is 0 Å². The van der Waals surface area contributed by atoms with Crippen molar-refractivity contribution >= 4 is 17.8 Å². The van der Waals surface area contributed by atoms with Crippen molar-refractivity contribution < 1.29 is 39.2 Å². The molecule has 246 valence electrons. The van der Waals surface area contributed by atoms with Crippen LogP contribution in [0.15, 0.2) is 12.2 Å². The Bertz CT molecular complexity index is 768. The van der Waals surface area contributed by atoms with E-state index in [1.165, 1.54) is 71.6 Å². The number of nitrogens with one attached hydrogen (secondary N) is 2. The second kappa shape index (κ2) is 23.4. The van der Waals surface area contributed by atoms with Gasteiger partial charge in [-0.25, -0.2) is 0 Å². The standard InChI is InChI=1S/C32H60N2O8/c1-7-8-9-10-11-12-13-14-15-16-17-20-26(36)42-23-18-19-24(30(39)33-5)34-31(40)29(41-6)28(38)27(37)25(35)21-22-32(2,3)4/h21-22,24-25,27-29,35,37-38H,7-20,23H2,1-6H3,(H,33,39)(H,34,40)/b22-21+/t24-,25+,27-,28+,29+/m0/s1. The number of allylic oxidation sites excluding steroid dienone is 1. The van der Waals surface area contributed by atoms with E-state index in [0.717, 1.165) is 19.3 Å². The Morgan fingerprint density at radius 1 is 0.810 bits per heavy atom. The summed E-state index contributed by atoms with van der Waals surface area (Å²) in [6.45, 7) is 8.06. The normalized spacial score (nSPS) is 15.5. The summed E-state index contributed by atoms with van der Waals surface area (Å²) in [4.78, 5) is 37.3. The third-order valence-electron chi connectivity index (χ3n) is 7.08. The first-order valence-electron chi connectivity index (χ1n) is 15.8. The molecular weight excluding hydrogens is 540 g/mol. The van der Waals surface area contributed by atoms with E-state index in [1.54, 1.807) is 6.08 Å². The molecule has 0 radical (unpaired) electrons. The lowest BCUT2D eigenvalue weighted by molar-refractivity contribution is -0.151. The number of aliphatic hydroxyl groups excluding tert-OH is 3. The first-order valence-corrected chi connectivity index (χ1v) is 15.8. The van der Waals surface area contributed by atoms with Crippen molar-refractivity contribution in [2.24, 2.45) is 5.41 Å². The van der Waals surface area contributed by atoms with Crippen LogP contribution in [-0.4, -0.2) is 84.3 Å². The molecule has 0 saturated carbocycles. The van der Waals surface area contributed by atoms with Gasteiger partial charge in [0.1, 0.15) is 24.4 Å². The Morgan fingerprint density at radius 2 is 1.36 bits per heavy atom. The minimum Gasteiger partial charge on any atom is -0.466 e. The molecule has 10 nitrogen and oxygen atoms in total. The molecule has 0 unspecified atom stereocenters. The van der Waals surface area contributed by atoms with E-state index in [1.807, 2.05) is 20.8 Å². The molecule has 0 aliphatic heterocycles. The molecular formula is C32H60N2O8. The zero-order valence-electron chi connectivity index (χ0n) is 27.0. The number of likely N-dealkylation sites (N-methyl/N-ethyl adjacent to an activating group) is 1. The van der Waals surface area contributed by atoms with Gasteiger partial charge in [-0.3, -0.25) is 14.4 Å². The fraction of sp³-hybridized carbons (Fsp3) is 0.844. The summed E-state index contributed by atoms with van der Waals surface area (Å²) in [6, 6.07) is -0.972. The number of methoxy groups -OCH3 is 1. The largest absolute Gasteiger partial charge is 0.466 e. The third kappa shape index (κ3) is 19.2. The highest BCUT2D eigenvalue weighted by atomic mass is 16.5. The summed E-state index contributed by atoms with van der Waals surface area (Å²) in [5.74, 6) is -1.56. The van der Waals surface area contributed by atoms with Crippen molar-refractivity contribution in [1.82, 2.24) is 10.6 Å². The van der Waals surface area contributed by atoms with E-state index in [4.69, 9.17) is 9.47 Å². The molecule has 0 aliphatic carbocycles. The van der Waals surface area contributed by atoms with Gasteiger partial charge in [-0.2, -0.15) is 0 Å². The second-order valence-electron chi connectivity index (χ2n) is 12.2. The minimum absolute atomic E-state index is 0.113. The number of rotatable bonds is 24. The van der Waals surface area contributed by atoms with Gasteiger partial charge >= 0.3 is 5.97 Å². The van der Waals surface area contributed by atoms with Crippen molar-refractivity contribution in [2.75, 3.05) is 20.8 Å². The molecule has 0 aromatic rings. The number of carbonyl (C=O) groups is 3. The third-order valence-corrected chi connectivity index (χ3v) is 7.08. The van der Waals surface area contributed by atoms with E-state index in [0.29, 0.717) is 12.8 Å². The van der Waals surface area contributed by atoms with Crippen LogP contribution in [-0.2, 0) is 23.9 Å². The first-order chi connectivity index (χ1) is 19.9. The van der Waals surface area contributed by atoms with Crippen LogP contribution in [0.5, 0.6) is 0 Å². The van der Waals surface area contributed by atoms with Crippen molar-refractivity contribution in [1.29, 1.82) is 0 Å². The number of carbonyl (C=O) groups excluding carboxylic acids is 3. The van der Waals surface area contributed by atoms with Crippen LogP contribution in [0, 0.1) is 5.41 Å². The van der Waals surface area contributed by atoms with E-state index in [9.17, 15) is 29.7 Å². The molecule has 0 heterocycles. The lowest BCUT2D eigenvalue weighted by atomic mass is 9.94. The van der Waals surface area contributed by atoms with E-state index in [2.05, 4.69) is 17.6 Å². The summed E-state index contributed by atoms with van der Waals surface area (Å²) >= 11 is 0. The first kappa shape index (κ1) is 40.0. The number of unbranched alkanes of at least 4 members (excludes halogenated alkanes) is 10. The molecule has 5 N–H and O–H groups in total. The topological polar surface area (TPSA) is 154 Å². The van der Waals surface area contributed by atoms with Crippen molar-refractivity contribution in [3.05, 3.63) is 12.2 Å². The van der Waals surface area contributed by atoms with E-state index in [-0.39, 0.29) is 24.4 Å². The summed E-state index contributed by atoms with van der Waals surface area (Å²) in [5, 5.41) is 36.1. The van der Waals surface area contributed by atoms with Crippen molar-refractivity contribution in [3.8, 4) is 0 Å². The second-order valence-corrected chi connectivity index (χ2v) is 12.2. The molecule has 0 spiro atoms. The highest BCUT2D eigenvalue weighted by Gasteiger charge is 2.36. The quantitative estimate of drug-likeness (QED) is 0.0634. The Hall–Kier alpha value is -2.01. The highest BCUT2D eigenvalue weighted by molar-refractivity contribution is 5.89. The number of esters is 1. The van der Waals surface area contributed by atoms with Crippen LogP contribution in [0.3, 0.4) is 0 Å². The number of ether oxygens (including phenoxy) is 2.